The highest BCUT2D eigenvalue weighted by molar-refractivity contribution is 5.79. The first-order valence-electron chi connectivity index (χ1n) is 7.51. The molecule has 6 nitrogen and oxygen atoms in total. The van der Waals surface area contributed by atoms with Crippen LogP contribution in [-0.4, -0.2) is 58.9 Å². The summed E-state index contributed by atoms with van der Waals surface area (Å²) in [5.74, 6) is 0.114. The van der Waals surface area contributed by atoms with Gasteiger partial charge in [-0.1, -0.05) is 0 Å². The van der Waals surface area contributed by atoms with Crippen LogP contribution in [0.15, 0.2) is 18.3 Å². The lowest BCUT2D eigenvalue weighted by Gasteiger charge is -2.23. The predicted molar refractivity (Wildman–Crippen MR) is 80.9 cm³/mol. The Kier molecular flexibility index (Phi) is 5.25. The summed E-state index contributed by atoms with van der Waals surface area (Å²) in [4.78, 5) is 31.0. The maximum Gasteiger partial charge on any atom is 0.317 e. The molecular weight excluding hydrogens is 268 g/mol. The number of aromatic amines is 1. The Balaban J connectivity index is 1.85. The summed E-state index contributed by atoms with van der Waals surface area (Å²) in [7, 11) is 0. The standard InChI is InChI=1S/C15H24N4O2/c1-12(2)17-15(21)19-8-4-7-18(9-10-19)14(20)11-13-5-3-6-16-13/h3,5-6,12,16H,4,7-11H2,1-2H3,(H,17,21). The van der Waals surface area contributed by atoms with Gasteiger partial charge < -0.3 is 20.1 Å². The number of carbonyl (C=O) groups is 2. The number of nitrogens with one attached hydrogen (secondary N) is 2. The maximum absolute atomic E-state index is 12.3. The average Bonchev–Trinajstić information content (AvgIpc) is 2.79. The van der Waals surface area contributed by atoms with Gasteiger partial charge in [-0.15, -0.1) is 0 Å². The van der Waals surface area contributed by atoms with E-state index < -0.39 is 0 Å². The van der Waals surface area contributed by atoms with Crippen LogP contribution in [0, 0.1) is 0 Å². The molecule has 1 fully saturated rings. The quantitative estimate of drug-likeness (QED) is 0.879. The van der Waals surface area contributed by atoms with Crippen LogP contribution >= 0.6 is 0 Å². The first-order chi connectivity index (χ1) is 10.1. The largest absolute Gasteiger partial charge is 0.365 e. The van der Waals surface area contributed by atoms with Gasteiger partial charge in [0.05, 0.1) is 6.42 Å². The average molecular weight is 292 g/mol. The topological polar surface area (TPSA) is 68.4 Å². The Labute approximate surface area is 125 Å². The maximum atomic E-state index is 12.3. The van der Waals surface area contributed by atoms with E-state index in [4.69, 9.17) is 0 Å². The van der Waals surface area contributed by atoms with Crippen LogP contribution in [0.4, 0.5) is 4.79 Å². The molecule has 1 saturated heterocycles. The molecule has 0 aliphatic carbocycles. The van der Waals surface area contributed by atoms with E-state index in [0.29, 0.717) is 32.6 Å². The molecule has 1 aromatic rings. The van der Waals surface area contributed by atoms with Crippen molar-refractivity contribution in [2.45, 2.75) is 32.7 Å². The van der Waals surface area contributed by atoms with E-state index in [1.165, 1.54) is 0 Å². The summed E-state index contributed by atoms with van der Waals surface area (Å²) in [6, 6.07) is 3.90. The zero-order chi connectivity index (χ0) is 15.2. The minimum atomic E-state index is -0.0383. The first-order valence-corrected chi connectivity index (χ1v) is 7.51. The summed E-state index contributed by atoms with van der Waals surface area (Å²) >= 11 is 0. The van der Waals surface area contributed by atoms with Gasteiger partial charge in [-0.3, -0.25) is 4.79 Å². The molecule has 0 aromatic carbocycles. The third kappa shape index (κ3) is 4.51. The molecule has 116 valence electrons. The molecule has 2 heterocycles. The summed E-state index contributed by atoms with van der Waals surface area (Å²) in [5.41, 5.74) is 0.929. The van der Waals surface area contributed by atoms with Crippen molar-refractivity contribution in [1.29, 1.82) is 0 Å². The van der Waals surface area contributed by atoms with Crippen molar-refractivity contribution in [2.75, 3.05) is 26.2 Å². The Morgan fingerprint density at radius 1 is 1.24 bits per heavy atom. The van der Waals surface area contributed by atoms with Crippen molar-refractivity contribution in [2.24, 2.45) is 0 Å². The Morgan fingerprint density at radius 3 is 2.62 bits per heavy atom. The number of nitrogens with zero attached hydrogens (tertiary/aromatic N) is 2. The van der Waals surface area contributed by atoms with Gasteiger partial charge in [-0.25, -0.2) is 4.79 Å². The van der Waals surface area contributed by atoms with E-state index in [2.05, 4.69) is 10.3 Å². The molecule has 0 radical (unpaired) electrons. The highest BCUT2D eigenvalue weighted by Gasteiger charge is 2.22. The fourth-order valence-electron chi connectivity index (χ4n) is 2.46. The van der Waals surface area contributed by atoms with Gasteiger partial charge in [0.15, 0.2) is 0 Å². The van der Waals surface area contributed by atoms with E-state index >= 15 is 0 Å². The third-order valence-corrected chi connectivity index (χ3v) is 3.55. The molecular formula is C15H24N4O2. The Morgan fingerprint density at radius 2 is 1.95 bits per heavy atom. The summed E-state index contributed by atoms with van der Waals surface area (Å²) in [6.07, 6.45) is 3.04. The van der Waals surface area contributed by atoms with Gasteiger partial charge in [0.2, 0.25) is 5.91 Å². The van der Waals surface area contributed by atoms with Crippen LogP contribution in [0.5, 0.6) is 0 Å². The normalized spacial score (nSPS) is 16.0. The number of amides is 3. The van der Waals surface area contributed by atoms with Crippen molar-refractivity contribution in [3.63, 3.8) is 0 Å². The van der Waals surface area contributed by atoms with E-state index in [-0.39, 0.29) is 18.0 Å². The van der Waals surface area contributed by atoms with Crippen LogP contribution in [0.3, 0.4) is 0 Å². The summed E-state index contributed by atoms with van der Waals surface area (Å²) < 4.78 is 0. The fraction of sp³-hybridized carbons (Fsp3) is 0.600. The second-order valence-corrected chi connectivity index (χ2v) is 5.70. The molecule has 0 spiro atoms. The van der Waals surface area contributed by atoms with Crippen LogP contribution in [0.1, 0.15) is 26.0 Å². The number of hydrogen-bond donors (Lipinski definition) is 2. The number of aromatic nitrogens is 1. The molecule has 1 aliphatic rings. The monoisotopic (exact) mass is 292 g/mol. The highest BCUT2D eigenvalue weighted by atomic mass is 16.2. The molecule has 21 heavy (non-hydrogen) atoms. The number of H-pyrrole nitrogens is 1. The Hall–Kier alpha value is -1.98. The minimum absolute atomic E-state index is 0.0383. The number of hydrogen-bond acceptors (Lipinski definition) is 2. The van der Waals surface area contributed by atoms with E-state index in [1.807, 2.05) is 37.1 Å². The SMILES string of the molecule is CC(C)NC(=O)N1CCCN(C(=O)Cc2ccc[nH]2)CC1. The van der Waals surface area contributed by atoms with Crippen LogP contribution in [0.25, 0.3) is 0 Å². The number of carbonyl (C=O) groups excluding carboxylic acids is 2. The van der Waals surface area contributed by atoms with Gasteiger partial charge in [0.25, 0.3) is 0 Å². The smallest absolute Gasteiger partial charge is 0.317 e. The van der Waals surface area contributed by atoms with Crippen molar-refractivity contribution < 1.29 is 9.59 Å². The predicted octanol–water partition coefficient (Wildman–Crippen LogP) is 1.21. The highest BCUT2D eigenvalue weighted by Crippen LogP contribution is 2.07. The molecule has 0 unspecified atom stereocenters. The van der Waals surface area contributed by atoms with Crippen molar-refractivity contribution >= 4 is 11.9 Å². The van der Waals surface area contributed by atoms with Crippen molar-refractivity contribution in [3.05, 3.63) is 24.0 Å². The lowest BCUT2D eigenvalue weighted by Crippen LogP contribution is -2.45. The molecule has 1 aliphatic heterocycles. The molecule has 0 saturated carbocycles. The first kappa shape index (κ1) is 15.4. The number of rotatable bonds is 3. The van der Waals surface area contributed by atoms with Gasteiger partial charge in [-0.05, 0) is 32.4 Å². The lowest BCUT2D eigenvalue weighted by molar-refractivity contribution is -0.130. The Bertz CT molecular complexity index is 470. The van der Waals surface area contributed by atoms with Crippen LogP contribution in [-0.2, 0) is 11.2 Å². The van der Waals surface area contributed by atoms with Crippen LogP contribution < -0.4 is 5.32 Å². The van der Waals surface area contributed by atoms with Gasteiger partial charge in [0.1, 0.15) is 0 Å². The van der Waals surface area contributed by atoms with E-state index in [9.17, 15) is 9.59 Å². The zero-order valence-electron chi connectivity index (χ0n) is 12.8. The summed E-state index contributed by atoms with van der Waals surface area (Å²) in [5, 5.41) is 2.90. The molecule has 0 bridgehead atoms. The fourth-order valence-corrected chi connectivity index (χ4v) is 2.46. The molecule has 3 amide bonds. The molecule has 1 aromatic heterocycles. The van der Waals surface area contributed by atoms with Gasteiger partial charge >= 0.3 is 6.03 Å². The minimum Gasteiger partial charge on any atom is -0.365 e. The molecule has 2 rings (SSSR count). The lowest BCUT2D eigenvalue weighted by atomic mass is 10.2. The van der Waals surface area contributed by atoms with Crippen molar-refractivity contribution in [3.8, 4) is 0 Å². The molecule has 2 N–H and O–H groups in total. The second-order valence-electron chi connectivity index (χ2n) is 5.70. The van der Waals surface area contributed by atoms with Gasteiger partial charge in [0, 0.05) is 44.1 Å². The number of urea groups is 1. The zero-order valence-corrected chi connectivity index (χ0v) is 12.8. The molecule has 0 atom stereocenters. The molecule has 6 heteroatoms. The van der Waals surface area contributed by atoms with E-state index in [0.717, 1.165) is 12.1 Å². The van der Waals surface area contributed by atoms with Crippen molar-refractivity contribution in [1.82, 2.24) is 20.1 Å². The van der Waals surface area contributed by atoms with Crippen LogP contribution in [0.2, 0.25) is 0 Å². The third-order valence-electron chi connectivity index (χ3n) is 3.55. The second kappa shape index (κ2) is 7.15. The summed E-state index contributed by atoms with van der Waals surface area (Å²) in [6.45, 7) is 6.50. The van der Waals surface area contributed by atoms with Gasteiger partial charge in [-0.2, -0.15) is 0 Å². The van der Waals surface area contributed by atoms with E-state index in [1.54, 1.807) is 4.90 Å².